The van der Waals surface area contributed by atoms with Crippen molar-refractivity contribution < 1.29 is 0 Å². The van der Waals surface area contributed by atoms with Crippen molar-refractivity contribution in [3.05, 3.63) is 58.9 Å². The van der Waals surface area contributed by atoms with Crippen molar-refractivity contribution in [3.8, 4) is 0 Å². The van der Waals surface area contributed by atoms with Crippen LogP contribution in [0.5, 0.6) is 0 Å². The normalized spacial score (nSPS) is 10.6. The Morgan fingerprint density at radius 2 is 2.19 bits per heavy atom. The van der Waals surface area contributed by atoms with E-state index < -0.39 is 0 Å². The third-order valence-electron chi connectivity index (χ3n) is 2.77. The lowest BCUT2D eigenvalue weighted by molar-refractivity contribution is 0.556. The molecule has 0 aliphatic carbocycles. The van der Waals surface area contributed by atoms with Crippen LogP contribution in [-0.4, -0.2) is 28.4 Å². The molecule has 0 amide bonds. The van der Waals surface area contributed by atoms with Gasteiger partial charge in [-0.3, -0.25) is 4.98 Å². The molecule has 2 aromatic rings. The Balaban J connectivity index is 1.99. The molecule has 1 aromatic carbocycles. The zero-order chi connectivity index (χ0) is 15.2. The summed E-state index contributed by atoms with van der Waals surface area (Å²) in [5, 5.41) is 10.1. The molecule has 0 aliphatic rings. The number of hydrazone groups is 1. The monoisotopic (exact) mass is 318 g/mol. The molecule has 1 N–H and O–H groups in total. The standard InChI is InChI=1S/C15H15ClN4S/c1-11-6-7-12(9-14(11)16)19-15(21)20(2)18-10-13-5-3-4-8-17-13/h3-10H,1-2H3,(H,19,21). The highest BCUT2D eigenvalue weighted by Gasteiger charge is 2.04. The lowest BCUT2D eigenvalue weighted by atomic mass is 10.2. The summed E-state index contributed by atoms with van der Waals surface area (Å²) < 4.78 is 0. The third kappa shape index (κ3) is 4.51. The third-order valence-corrected chi connectivity index (χ3v) is 3.54. The first-order chi connectivity index (χ1) is 10.1. The van der Waals surface area contributed by atoms with Crippen LogP contribution >= 0.6 is 23.8 Å². The number of nitrogens with one attached hydrogen (secondary N) is 1. The van der Waals surface area contributed by atoms with Crippen LogP contribution in [0.1, 0.15) is 11.3 Å². The molecule has 6 heteroatoms. The Hall–Kier alpha value is -1.98. The van der Waals surface area contributed by atoms with E-state index in [1.54, 1.807) is 24.5 Å². The zero-order valence-electron chi connectivity index (χ0n) is 11.7. The summed E-state index contributed by atoms with van der Waals surface area (Å²) in [6.45, 7) is 1.95. The summed E-state index contributed by atoms with van der Waals surface area (Å²) in [5.41, 5.74) is 2.62. The minimum Gasteiger partial charge on any atom is -0.331 e. The first kappa shape index (κ1) is 15.4. The van der Waals surface area contributed by atoms with E-state index in [9.17, 15) is 0 Å². The van der Waals surface area contributed by atoms with Crippen LogP contribution < -0.4 is 5.32 Å². The van der Waals surface area contributed by atoms with Gasteiger partial charge in [-0.05, 0) is 49.0 Å². The van der Waals surface area contributed by atoms with Gasteiger partial charge in [0, 0.05) is 24.0 Å². The van der Waals surface area contributed by atoms with Gasteiger partial charge in [-0.15, -0.1) is 0 Å². The first-order valence-corrected chi connectivity index (χ1v) is 7.11. The highest BCUT2D eigenvalue weighted by molar-refractivity contribution is 7.80. The minimum absolute atomic E-state index is 0.474. The average Bonchev–Trinajstić information content (AvgIpc) is 2.49. The molecule has 21 heavy (non-hydrogen) atoms. The number of pyridine rings is 1. The van der Waals surface area contributed by atoms with Gasteiger partial charge in [0.25, 0.3) is 0 Å². The maximum Gasteiger partial charge on any atom is 0.193 e. The molecule has 108 valence electrons. The number of aromatic nitrogens is 1. The van der Waals surface area contributed by atoms with E-state index in [4.69, 9.17) is 23.8 Å². The first-order valence-electron chi connectivity index (χ1n) is 6.32. The van der Waals surface area contributed by atoms with Crippen LogP contribution in [0.2, 0.25) is 5.02 Å². The fourth-order valence-corrected chi connectivity index (χ4v) is 1.87. The van der Waals surface area contributed by atoms with Crippen molar-refractivity contribution >= 4 is 40.8 Å². The maximum absolute atomic E-state index is 6.08. The zero-order valence-corrected chi connectivity index (χ0v) is 13.3. The molecule has 0 radical (unpaired) electrons. The molecule has 2 rings (SSSR count). The molecular formula is C15H15ClN4S. The molecule has 0 bridgehead atoms. The molecule has 0 saturated heterocycles. The Kier molecular flexibility index (Phi) is 5.25. The second kappa shape index (κ2) is 7.15. The summed E-state index contributed by atoms with van der Waals surface area (Å²) in [5.74, 6) is 0. The Morgan fingerprint density at radius 3 is 2.86 bits per heavy atom. The number of aryl methyl sites for hydroxylation is 1. The molecule has 0 atom stereocenters. The second-order valence-corrected chi connectivity index (χ2v) is 5.21. The van der Waals surface area contributed by atoms with E-state index in [0.717, 1.165) is 16.9 Å². The van der Waals surface area contributed by atoms with Gasteiger partial charge in [-0.1, -0.05) is 23.7 Å². The Labute approximate surface area is 134 Å². The topological polar surface area (TPSA) is 40.5 Å². The summed E-state index contributed by atoms with van der Waals surface area (Å²) in [6.07, 6.45) is 3.36. The number of halogens is 1. The van der Waals surface area contributed by atoms with Crippen molar-refractivity contribution in [3.63, 3.8) is 0 Å². The van der Waals surface area contributed by atoms with Crippen molar-refractivity contribution in [2.45, 2.75) is 6.92 Å². The van der Waals surface area contributed by atoms with Gasteiger partial charge in [0.2, 0.25) is 0 Å². The van der Waals surface area contributed by atoms with E-state index >= 15 is 0 Å². The van der Waals surface area contributed by atoms with Crippen molar-refractivity contribution in [1.82, 2.24) is 9.99 Å². The fraction of sp³-hybridized carbons (Fsp3) is 0.133. The van der Waals surface area contributed by atoms with Gasteiger partial charge >= 0.3 is 0 Å². The Morgan fingerprint density at radius 1 is 1.38 bits per heavy atom. The van der Waals surface area contributed by atoms with E-state index in [1.807, 2.05) is 43.3 Å². The Bertz CT molecular complexity index is 658. The highest BCUT2D eigenvalue weighted by Crippen LogP contribution is 2.20. The molecule has 0 unspecified atom stereocenters. The molecule has 0 saturated carbocycles. The van der Waals surface area contributed by atoms with Gasteiger partial charge in [0.1, 0.15) is 0 Å². The van der Waals surface area contributed by atoms with Crippen molar-refractivity contribution in [2.24, 2.45) is 5.10 Å². The predicted octanol–water partition coefficient (Wildman–Crippen LogP) is 3.71. The average molecular weight is 319 g/mol. The molecule has 4 nitrogen and oxygen atoms in total. The number of hydrogen-bond donors (Lipinski definition) is 1. The van der Waals surface area contributed by atoms with E-state index in [1.165, 1.54) is 0 Å². The number of benzene rings is 1. The van der Waals surface area contributed by atoms with Crippen LogP contribution in [0.4, 0.5) is 5.69 Å². The summed E-state index contributed by atoms with van der Waals surface area (Å²) in [4.78, 5) is 4.16. The number of thiocarbonyl (C=S) groups is 1. The van der Waals surface area contributed by atoms with Crippen LogP contribution in [0, 0.1) is 6.92 Å². The summed E-state index contributed by atoms with van der Waals surface area (Å²) in [6, 6.07) is 11.3. The highest BCUT2D eigenvalue weighted by atomic mass is 35.5. The van der Waals surface area contributed by atoms with Crippen LogP contribution in [-0.2, 0) is 0 Å². The molecule has 0 aliphatic heterocycles. The van der Waals surface area contributed by atoms with E-state index in [-0.39, 0.29) is 0 Å². The molecule has 1 heterocycles. The van der Waals surface area contributed by atoms with Gasteiger partial charge in [0.05, 0.1) is 11.9 Å². The van der Waals surface area contributed by atoms with Crippen LogP contribution in [0.3, 0.4) is 0 Å². The summed E-state index contributed by atoms with van der Waals surface area (Å²) in [7, 11) is 1.77. The fourth-order valence-electron chi connectivity index (χ4n) is 1.53. The lowest BCUT2D eigenvalue weighted by Gasteiger charge is -2.16. The largest absolute Gasteiger partial charge is 0.331 e. The summed E-state index contributed by atoms with van der Waals surface area (Å²) >= 11 is 11.4. The van der Waals surface area contributed by atoms with E-state index in [0.29, 0.717) is 10.1 Å². The van der Waals surface area contributed by atoms with Crippen molar-refractivity contribution in [1.29, 1.82) is 0 Å². The quantitative estimate of drug-likeness (QED) is 0.532. The van der Waals surface area contributed by atoms with Gasteiger partial charge in [-0.25, -0.2) is 5.01 Å². The van der Waals surface area contributed by atoms with Gasteiger partial charge < -0.3 is 5.32 Å². The van der Waals surface area contributed by atoms with E-state index in [2.05, 4.69) is 15.4 Å². The molecule has 1 aromatic heterocycles. The smallest absolute Gasteiger partial charge is 0.193 e. The number of nitrogens with zero attached hydrogens (tertiary/aromatic N) is 3. The van der Waals surface area contributed by atoms with Crippen LogP contribution in [0.25, 0.3) is 0 Å². The SMILES string of the molecule is Cc1ccc(NC(=S)N(C)N=Cc2ccccn2)cc1Cl. The maximum atomic E-state index is 6.08. The molecular weight excluding hydrogens is 304 g/mol. The van der Waals surface area contributed by atoms with Gasteiger partial charge in [0.15, 0.2) is 5.11 Å². The number of anilines is 1. The predicted molar refractivity (Wildman–Crippen MR) is 92.0 cm³/mol. The molecule has 0 spiro atoms. The second-order valence-electron chi connectivity index (χ2n) is 4.42. The minimum atomic E-state index is 0.474. The molecule has 0 fully saturated rings. The number of hydrogen-bond acceptors (Lipinski definition) is 3. The van der Waals surface area contributed by atoms with Gasteiger partial charge in [-0.2, -0.15) is 5.10 Å². The van der Waals surface area contributed by atoms with Crippen LogP contribution in [0.15, 0.2) is 47.7 Å². The lowest BCUT2D eigenvalue weighted by Crippen LogP contribution is -2.26. The number of rotatable bonds is 3. The van der Waals surface area contributed by atoms with Crippen molar-refractivity contribution in [2.75, 3.05) is 12.4 Å².